The summed E-state index contributed by atoms with van der Waals surface area (Å²) in [6, 6.07) is 9.65. The SMILES string of the molecule is COc1ccc(F)c(-c2ccc(C3OC3OC)cc2C=O)c1. The summed E-state index contributed by atoms with van der Waals surface area (Å²) in [6.07, 6.45) is 0.258. The molecule has 0 spiro atoms. The lowest BCUT2D eigenvalue weighted by Crippen LogP contribution is -1.96. The van der Waals surface area contributed by atoms with Gasteiger partial charge in [-0.15, -0.1) is 0 Å². The van der Waals surface area contributed by atoms with Gasteiger partial charge in [-0.2, -0.15) is 0 Å². The maximum Gasteiger partial charge on any atom is 0.188 e. The van der Waals surface area contributed by atoms with Crippen LogP contribution in [0.4, 0.5) is 4.39 Å². The fourth-order valence-corrected chi connectivity index (χ4v) is 2.45. The maximum atomic E-state index is 14.1. The molecular weight excluding hydrogens is 287 g/mol. The molecule has 2 aromatic rings. The largest absolute Gasteiger partial charge is 0.497 e. The third-order valence-corrected chi connectivity index (χ3v) is 3.68. The molecule has 1 saturated heterocycles. The highest BCUT2D eigenvalue weighted by atomic mass is 19.1. The van der Waals surface area contributed by atoms with Gasteiger partial charge in [-0.3, -0.25) is 4.79 Å². The topological polar surface area (TPSA) is 48.1 Å². The second kappa shape index (κ2) is 5.87. The van der Waals surface area contributed by atoms with Gasteiger partial charge >= 0.3 is 0 Å². The van der Waals surface area contributed by atoms with E-state index < -0.39 is 5.82 Å². The van der Waals surface area contributed by atoms with E-state index in [4.69, 9.17) is 14.2 Å². The Kier molecular flexibility index (Phi) is 3.92. The maximum absolute atomic E-state index is 14.1. The van der Waals surface area contributed by atoms with Crippen LogP contribution in [0.2, 0.25) is 0 Å². The van der Waals surface area contributed by atoms with Gasteiger partial charge in [-0.05, 0) is 35.4 Å². The molecule has 0 bridgehead atoms. The normalized spacial score (nSPS) is 19.8. The Labute approximate surface area is 127 Å². The van der Waals surface area contributed by atoms with Crippen molar-refractivity contribution >= 4 is 6.29 Å². The van der Waals surface area contributed by atoms with Crippen molar-refractivity contribution in [3.8, 4) is 16.9 Å². The lowest BCUT2D eigenvalue weighted by Gasteiger charge is -2.10. The molecule has 2 aromatic carbocycles. The van der Waals surface area contributed by atoms with E-state index in [9.17, 15) is 9.18 Å². The van der Waals surface area contributed by atoms with Crippen molar-refractivity contribution < 1.29 is 23.4 Å². The number of epoxide rings is 1. The standard InChI is InChI=1S/C17H15FO4/c1-20-12-4-6-15(18)14(8-12)13-5-3-10(7-11(13)9-19)16-17(21-2)22-16/h3-9,16-17H,1-2H3. The monoisotopic (exact) mass is 302 g/mol. The molecule has 22 heavy (non-hydrogen) atoms. The molecule has 0 radical (unpaired) electrons. The summed E-state index contributed by atoms with van der Waals surface area (Å²) >= 11 is 0. The lowest BCUT2D eigenvalue weighted by atomic mass is 9.96. The number of halogens is 1. The van der Waals surface area contributed by atoms with Gasteiger partial charge in [-0.25, -0.2) is 4.39 Å². The van der Waals surface area contributed by atoms with Crippen LogP contribution in [0, 0.1) is 5.82 Å². The molecule has 0 N–H and O–H groups in total. The molecule has 1 aliphatic rings. The van der Waals surface area contributed by atoms with Crippen LogP contribution in [0.15, 0.2) is 36.4 Å². The summed E-state index contributed by atoms with van der Waals surface area (Å²) in [5.41, 5.74) is 2.08. The van der Waals surface area contributed by atoms with Crippen LogP contribution in [0.1, 0.15) is 22.0 Å². The second-order valence-corrected chi connectivity index (χ2v) is 4.97. The Morgan fingerprint density at radius 1 is 1.14 bits per heavy atom. The number of hydrogen-bond acceptors (Lipinski definition) is 4. The molecule has 1 heterocycles. The van der Waals surface area contributed by atoms with Gasteiger partial charge < -0.3 is 14.2 Å². The van der Waals surface area contributed by atoms with Crippen LogP contribution in [-0.4, -0.2) is 26.8 Å². The average Bonchev–Trinajstić information content (AvgIpc) is 3.34. The summed E-state index contributed by atoms with van der Waals surface area (Å²) in [6.45, 7) is 0. The Balaban J connectivity index is 2.02. The molecule has 0 aliphatic carbocycles. The molecule has 0 aromatic heterocycles. The fourth-order valence-electron chi connectivity index (χ4n) is 2.45. The first kappa shape index (κ1) is 14.7. The van der Waals surface area contributed by atoms with Gasteiger partial charge in [0.2, 0.25) is 0 Å². The first-order chi connectivity index (χ1) is 10.7. The van der Waals surface area contributed by atoms with Crippen molar-refractivity contribution in [2.45, 2.75) is 12.4 Å². The number of ether oxygens (including phenoxy) is 3. The quantitative estimate of drug-likeness (QED) is 0.627. The fraction of sp³-hybridized carbons (Fsp3) is 0.235. The van der Waals surface area contributed by atoms with Crippen molar-refractivity contribution in [1.82, 2.24) is 0 Å². The van der Waals surface area contributed by atoms with Gasteiger partial charge in [0.1, 0.15) is 17.7 Å². The predicted molar refractivity (Wildman–Crippen MR) is 78.4 cm³/mol. The van der Waals surface area contributed by atoms with Crippen molar-refractivity contribution in [2.24, 2.45) is 0 Å². The van der Waals surface area contributed by atoms with Crippen molar-refractivity contribution in [1.29, 1.82) is 0 Å². The molecule has 0 saturated carbocycles. The lowest BCUT2D eigenvalue weighted by molar-refractivity contribution is 0.0950. The number of rotatable bonds is 5. The van der Waals surface area contributed by atoms with Crippen LogP contribution in [-0.2, 0) is 9.47 Å². The van der Waals surface area contributed by atoms with Crippen LogP contribution < -0.4 is 4.74 Å². The Hall–Kier alpha value is -2.24. The van der Waals surface area contributed by atoms with E-state index in [2.05, 4.69) is 0 Å². The van der Waals surface area contributed by atoms with Gasteiger partial charge in [0.05, 0.1) is 7.11 Å². The first-order valence-corrected chi connectivity index (χ1v) is 6.79. The molecule has 3 rings (SSSR count). The number of hydrogen-bond donors (Lipinski definition) is 0. The number of carbonyl (C=O) groups excluding carboxylic acids is 1. The van der Waals surface area contributed by atoms with E-state index in [0.717, 1.165) is 5.56 Å². The third-order valence-electron chi connectivity index (χ3n) is 3.68. The van der Waals surface area contributed by atoms with Gasteiger partial charge in [0.25, 0.3) is 0 Å². The van der Waals surface area contributed by atoms with E-state index in [1.165, 1.54) is 19.2 Å². The van der Waals surface area contributed by atoms with Crippen LogP contribution in [0.5, 0.6) is 5.75 Å². The molecule has 1 aliphatic heterocycles. The van der Waals surface area contributed by atoms with E-state index in [1.54, 1.807) is 25.3 Å². The summed E-state index contributed by atoms with van der Waals surface area (Å²) in [5.74, 6) is 0.122. The minimum atomic E-state index is -0.408. The molecule has 4 nitrogen and oxygen atoms in total. The van der Waals surface area contributed by atoms with E-state index in [0.29, 0.717) is 28.7 Å². The zero-order valence-electron chi connectivity index (χ0n) is 12.2. The van der Waals surface area contributed by atoms with Crippen LogP contribution >= 0.6 is 0 Å². The average molecular weight is 302 g/mol. The zero-order chi connectivity index (χ0) is 15.7. The highest BCUT2D eigenvalue weighted by Gasteiger charge is 2.40. The van der Waals surface area contributed by atoms with Gasteiger partial charge in [-0.1, -0.05) is 12.1 Å². The molecule has 114 valence electrons. The third kappa shape index (κ3) is 2.61. The van der Waals surface area contributed by atoms with E-state index >= 15 is 0 Å². The zero-order valence-corrected chi connectivity index (χ0v) is 12.2. The Morgan fingerprint density at radius 3 is 2.59 bits per heavy atom. The summed E-state index contributed by atoms with van der Waals surface area (Å²) in [4.78, 5) is 11.4. The molecule has 0 amide bonds. The molecule has 2 unspecified atom stereocenters. The molecular formula is C17H15FO4. The number of benzene rings is 2. The summed E-state index contributed by atoms with van der Waals surface area (Å²) < 4.78 is 29.6. The number of carbonyl (C=O) groups is 1. The highest BCUT2D eigenvalue weighted by Crippen LogP contribution is 2.40. The molecule has 5 heteroatoms. The minimum Gasteiger partial charge on any atom is -0.497 e. The molecule has 1 fully saturated rings. The van der Waals surface area contributed by atoms with E-state index in [-0.39, 0.29) is 12.4 Å². The second-order valence-electron chi connectivity index (χ2n) is 4.97. The van der Waals surface area contributed by atoms with E-state index in [1.807, 2.05) is 6.07 Å². The van der Waals surface area contributed by atoms with Crippen LogP contribution in [0.3, 0.4) is 0 Å². The van der Waals surface area contributed by atoms with Crippen LogP contribution in [0.25, 0.3) is 11.1 Å². The number of methoxy groups -OCH3 is 2. The number of aldehydes is 1. The smallest absolute Gasteiger partial charge is 0.188 e. The molecule has 2 atom stereocenters. The minimum absolute atomic E-state index is 0.173. The Bertz CT molecular complexity index is 714. The van der Waals surface area contributed by atoms with Crippen molar-refractivity contribution in [3.05, 3.63) is 53.3 Å². The highest BCUT2D eigenvalue weighted by molar-refractivity contribution is 5.88. The Morgan fingerprint density at radius 2 is 1.95 bits per heavy atom. The predicted octanol–water partition coefficient (Wildman–Crippen LogP) is 3.36. The first-order valence-electron chi connectivity index (χ1n) is 6.79. The van der Waals surface area contributed by atoms with Gasteiger partial charge in [0, 0.05) is 18.2 Å². The van der Waals surface area contributed by atoms with Gasteiger partial charge in [0.15, 0.2) is 12.6 Å². The van der Waals surface area contributed by atoms with Crippen molar-refractivity contribution in [2.75, 3.05) is 14.2 Å². The van der Waals surface area contributed by atoms with Crippen molar-refractivity contribution in [3.63, 3.8) is 0 Å². The summed E-state index contributed by atoms with van der Waals surface area (Å²) in [7, 11) is 3.07. The summed E-state index contributed by atoms with van der Waals surface area (Å²) in [5, 5.41) is 0.